The number of nitrogens with zero attached hydrogens (tertiary/aromatic N) is 2. The summed E-state index contributed by atoms with van der Waals surface area (Å²) in [5, 5.41) is 19.8. The number of rotatable bonds is 6. The molecule has 9 heteroatoms. The molecule has 0 radical (unpaired) electrons. The fourth-order valence-electron chi connectivity index (χ4n) is 3.76. The molecule has 2 amide bonds. The zero-order valence-corrected chi connectivity index (χ0v) is 18.4. The Kier molecular flexibility index (Phi) is 8.08. The molecule has 9 nitrogen and oxygen atoms in total. The minimum absolute atomic E-state index is 0.193. The highest BCUT2D eigenvalue weighted by molar-refractivity contribution is 6.19. The van der Waals surface area contributed by atoms with Crippen LogP contribution in [0.15, 0.2) is 29.7 Å². The molecule has 2 fully saturated rings. The average Bonchev–Trinajstić information content (AvgIpc) is 3.62. The summed E-state index contributed by atoms with van der Waals surface area (Å²) in [6, 6.07) is 4.23. The van der Waals surface area contributed by atoms with Crippen molar-refractivity contribution in [3.63, 3.8) is 0 Å². The van der Waals surface area contributed by atoms with Crippen LogP contribution in [0.4, 0.5) is 0 Å². The van der Waals surface area contributed by atoms with Crippen LogP contribution in [0, 0.1) is 0 Å². The number of carboxylic acid groups (broad SMARTS) is 1. The first kappa shape index (κ1) is 23.6. The van der Waals surface area contributed by atoms with Crippen LogP contribution in [0.1, 0.15) is 62.8 Å². The minimum atomic E-state index is -1.22. The fourth-order valence-corrected chi connectivity index (χ4v) is 3.76. The maximum atomic E-state index is 11.5. The van der Waals surface area contributed by atoms with Gasteiger partial charge in [-0.25, -0.2) is 4.98 Å². The molecule has 0 aromatic carbocycles. The third-order valence-electron chi connectivity index (χ3n) is 5.81. The van der Waals surface area contributed by atoms with Crippen LogP contribution >= 0.6 is 0 Å². The van der Waals surface area contributed by atoms with Crippen LogP contribution < -0.4 is 10.1 Å². The van der Waals surface area contributed by atoms with Gasteiger partial charge in [0, 0.05) is 32.3 Å². The van der Waals surface area contributed by atoms with Crippen LogP contribution in [0.2, 0.25) is 0 Å². The molecule has 2 saturated carbocycles. The Balaban J connectivity index is 0.000000181. The molecule has 4 rings (SSSR count). The number of aliphatic hydroxyl groups excluding tert-OH is 1. The molecule has 3 aliphatic rings. The van der Waals surface area contributed by atoms with Crippen molar-refractivity contribution in [2.45, 2.75) is 63.4 Å². The van der Waals surface area contributed by atoms with E-state index in [-0.39, 0.29) is 17.8 Å². The van der Waals surface area contributed by atoms with Gasteiger partial charge in [0.25, 0.3) is 11.8 Å². The molecular weight excluding hydrogens is 414 g/mol. The lowest BCUT2D eigenvalue weighted by atomic mass is 9.98. The molecule has 32 heavy (non-hydrogen) atoms. The third-order valence-corrected chi connectivity index (χ3v) is 5.81. The number of pyridine rings is 1. The highest BCUT2D eigenvalue weighted by Crippen LogP contribution is 2.40. The average molecular weight is 446 g/mol. The predicted molar refractivity (Wildman–Crippen MR) is 116 cm³/mol. The molecule has 0 saturated heterocycles. The number of hydrogen-bond acceptors (Lipinski definition) is 6. The van der Waals surface area contributed by atoms with Gasteiger partial charge in [0.1, 0.15) is 24.0 Å². The maximum absolute atomic E-state index is 11.5. The highest BCUT2D eigenvalue weighted by atomic mass is 16.5. The van der Waals surface area contributed by atoms with E-state index in [0.29, 0.717) is 12.6 Å². The molecule has 1 aliphatic heterocycles. The summed E-state index contributed by atoms with van der Waals surface area (Å²) in [6.07, 6.45) is 11.7. The molecule has 174 valence electrons. The standard InChI is InChI=1S/C14H19NO.C9H12N2O5/c1-2-4-13(5-3-1)16-14-9-8-12(10-15-14)11-6-7-11;1-11-3-2-5(12)7(9(11)16)8(15)10-4-6(13)14/h8-11,13H,1-7H2;12H,2-4H2,1H3,(H,10,15)(H,13,14). The number of aromatic nitrogens is 1. The minimum Gasteiger partial charge on any atom is -0.511 e. The van der Waals surface area contributed by atoms with E-state index in [0.717, 1.165) is 11.8 Å². The molecule has 2 aliphatic carbocycles. The number of hydrogen-bond donors (Lipinski definition) is 3. The summed E-state index contributed by atoms with van der Waals surface area (Å²) >= 11 is 0. The van der Waals surface area contributed by atoms with Gasteiger partial charge < -0.3 is 25.2 Å². The van der Waals surface area contributed by atoms with E-state index in [1.54, 1.807) is 0 Å². The number of aliphatic hydroxyl groups is 1. The van der Waals surface area contributed by atoms with Crippen molar-refractivity contribution in [3.05, 3.63) is 35.2 Å². The van der Waals surface area contributed by atoms with E-state index < -0.39 is 24.3 Å². The second kappa shape index (κ2) is 11.0. The van der Waals surface area contributed by atoms with Gasteiger partial charge in [-0.05, 0) is 50.0 Å². The summed E-state index contributed by atoms with van der Waals surface area (Å²) < 4.78 is 5.90. The highest BCUT2D eigenvalue weighted by Gasteiger charge is 2.30. The van der Waals surface area contributed by atoms with E-state index >= 15 is 0 Å². The van der Waals surface area contributed by atoms with Gasteiger partial charge in [0.2, 0.25) is 5.88 Å². The van der Waals surface area contributed by atoms with Gasteiger partial charge in [-0.1, -0.05) is 12.5 Å². The van der Waals surface area contributed by atoms with Crippen molar-refractivity contribution >= 4 is 17.8 Å². The molecule has 2 heterocycles. The van der Waals surface area contributed by atoms with Gasteiger partial charge >= 0.3 is 5.97 Å². The molecule has 3 N–H and O–H groups in total. The Hall–Kier alpha value is -3.10. The van der Waals surface area contributed by atoms with Crippen LogP contribution in [-0.2, 0) is 14.4 Å². The lowest BCUT2D eigenvalue weighted by molar-refractivity contribution is -0.138. The number of ether oxygens (including phenoxy) is 1. The zero-order chi connectivity index (χ0) is 23.1. The van der Waals surface area contributed by atoms with Crippen LogP contribution in [0.5, 0.6) is 5.88 Å². The van der Waals surface area contributed by atoms with Gasteiger partial charge in [0.15, 0.2) is 0 Å². The van der Waals surface area contributed by atoms with E-state index in [9.17, 15) is 19.5 Å². The summed E-state index contributed by atoms with van der Waals surface area (Å²) in [6.45, 7) is -0.257. The molecule has 0 atom stereocenters. The quantitative estimate of drug-likeness (QED) is 0.574. The predicted octanol–water partition coefficient (Wildman–Crippen LogP) is 2.53. The number of aliphatic carboxylic acids is 1. The summed E-state index contributed by atoms with van der Waals surface area (Å²) in [5.74, 6) is -1.38. The molecule has 0 bridgehead atoms. The zero-order valence-electron chi connectivity index (χ0n) is 18.4. The lowest BCUT2D eigenvalue weighted by Gasteiger charge is -2.23. The Morgan fingerprint density at radius 1 is 1.19 bits per heavy atom. The summed E-state index contributed by atoms with van der Waals surface area (Å²) in [7, 11) is 1.50. The Morgan fingerprint density at radius 3 is 2.50 bits per heavy atom. The molecule has 0 spiro atoms. The van der Waals surface area contributed by atoms with Crippen LogP contribution in [-0.4, -0.2) is 64.1 Å². The lowest BCUT2D eigenvalue weighted by Crippen LogP contribution is -2.41. The second-order valence-electron chi connectivity index (χ2n) is 8.46. The van der Waals surface area contributed by atoms with E-state index in [2.05, 4.69) is 11.1 Å². The number of likely N-dealkylation sites (N-methyl/N-ethyl adjacent to an activating group) is 1. The van der Waals surface area contributed by atoms with Crippen molar-refractivity contribution in [1.29, 1.82) is 0 Å². The number of carbonyl (C=O) groups excluding carboxylic acids is 2. The van der Waals surface area contributed by atoms with Crippen molar-refractivity contribution in [3.8, 4) is 5.88 Å². The molecule has 0 unspecified atom stereocenters. The second-order valence-corrected chi connectivity index (χ2v) is 8.46. The monoisotopic (exact) mass is 445 g/mol. The number of carboxylic acids is 1. The Morgan fingerprint density at radius 2 is 1.91 bits per heavy atom. The smallest absolute Gasteiger partial charge is 0.322 e. The first-order chi connectivity index (χ1) is 15.3. The van der Waals surface area contributed by atoms with Crippen molar-refractivity contribution < 1.29 is 29.3 Å². The van der Waals surface area contributed by atoms with Gasteiger partial charge in [-0.15, -0.1) is 0 Å². The number of carbonyl (C=O) groups is 3. The van der Waals surface area contributed by atoms with E-state index in [1.807, 2.05) is 17.6 Å². The summed E-state index contributed by atoms with van der Waals surface area (Å²) in [5.41, 5.74) is 1.01. The van der Waals surface area contributed by atoms with Crippen molar-refractivity contribution in [1.82, 2.24) is 15.2 Å². The van der Waals surface area contributed by atoms with Crippen LogP contribution in [0.3, 0.4) is 0 Å². The SMILES string of the molecule is CN1CCC(O)=C(C(=O)NCC(=O)O)C1=O.c1cc(OC2CCCCC2)ncc1C1CC1. The van der Waals surface area contributed by atoms with Gasteiger partial charge in [-0.2, -0.15) is 0 Å². The number of nitrogens with one attached hydrogen (secondary N) is 1. The fraction of sp³-hybridized carbons (Fsp3) is 0.565. The van der Waals surface area contributed by atoms with E-state index in [4.69, 9.17) is 9.84 Å². The normalized spacial score (nSPS) is 19.2. The molecule has 1 aromatic rings. The third kappa shape index (κ3) is 6.70. The Labute approximate surface area is 187 Å². The van der Waals surface area contributed by atoms with Gasteiger partial charge in [0.05, 0.1) is 0 Å². The first-order valence-electron chi connectivity index (χ1n) is 11.1. The van der Waals surface area contributed by atoms with Crippen molar-refractivity contribution in [2.75, 3.05) is 20.1 Å². The largest absolute Gasteiger partial charge is 0.511 e. The van der Waals surface area contributed by atoms with Crippen LogP contribution in [0.25, 0.3) is 0 Å². The molecule has 1 aromatic heterocycles. The molecular formula is C23H31N3O6. The van der Waals surface area contributed by atoms with Gasteiger partial charge in [-0.3, -0.25) is 14.4 Å². The first-order valence-corrected chi connectivity index (χ1v) is 11.1. The van der Waals surface area contributed by atoms with Crippen molar-refractivity contribution in [2.24, 2.45) is 0 Å². The topological polar surface area (TPSA) is 129 Å². The Bertz CT molecular complexity index is 857. The number of amides is 2. The summed E-state index contributed by atoms with van der Waals surface area (Å²) in [4.78, 5) is 38.9. The maximum Gasteiger partial charge on any atom is 0.322 e. The van der Waals surface area contributed by atoms with E-state index in [1.165, 1.54) is 62.5 Å².